The fraction of sp³-hybridized carbons (Fsp3) is 0.278. The van der Waals surface area contributed by atoms with Crippen LogP contribution >= 0.6 is 0 Å². The van der Waals surface area contributed by atoms with Gasteiger partial charge < -0.3 is 4.74 Å². The van der Waals surface area contributed by atoms with Crippen LogP contribution in [-0.2, 0) is 14.8 Å². The van der Waals surface area contributed by atoms with Gasteiger partial charge in [0.2, 0.25) is 10.0 Å². The van der Waals surface area contributed by atoms with Crippen LogP contribution in [0.2, 0.25) is 0 Å². The van der Waals surface area contributed by atoms with Gasteiger partial charge in [-0.15, -0.1) is 0 Å². The lowest BCUT2D eigenvalue weighted by molar-refractivity contribution is -0.140. The van der Waals surface area contributed by atoms with Crippen LogP contribution in [0, 0.1) is 17.6 Å². The standard InChI is InChI=1S/C18H17F2NO4S/c19-14-5-1-3-7-16(14)25-18(22)13-9-11-21(12-10-13)26(23,24)17-8-4-2-6-15(17)20/h1-8,13H,9-12H2. The number of sulfonamides is 1. The summed E-state index contributed by atoms with van der Waals surface area (Å²) in [4.78, 5) is 11.8. The van der Waals surface area contributed by atoms with E-state index in [1.54, 1.807) is 6.07 Å². The second-order valence-electron chi connectivity index (χ2n) is 5.96. The van der Waals surface area contributed by atoms with Crippen molar-refractivity contribution >= 4 is 16.0 Å². The van der Waals surface area contributed by atoms with Crippen LogP contribution in [0.25, 0.3) is 0 Å². The number of para-hydroxylation sites is 1. The van der Waals surface area contributed by atoms with Gasteiger partial charge in [0.15, 0.2) is 11.6 Å². The molecule has 2 aromatic carbocycles. The summed E-state index contributed by atoms with van der Waals surface area (Å²) in [6.45, 7) is 0.126. The van der Waals surface area contributed by atoms with Crippen molar-refractivity contribution in [3.8, 4) is 5.75 Å². The number of hydrogen-bond acceptors (Lipinski definition) is 4. The molecule has 1 aliphatic heterocycles. The van der Waals surface area contributed by atoms with Crippen molar-refractivity contribution in [2.45, 2.75) is 17.7 Å². The molecule has 0 aromatic heterocycles. The Hall–Kier alpha value is -2.32. The van der Waals surface area contributed by atoms with Gasteiger partial charge in [-0.1, -0.05) is 24.3 Å². The molecular weight excluding hydrogens is 364 g/mol. The number of benzene rings is 2. The summed E-state index contributed by atoms with van der Waals surface area (Å²) >= 11 is 0. The third-order valence-corrected chi connectivity index (χ3v) is 6.22. The summed E-state index contributed by atoms with van der Waals surface area (Å²) in [5.41, 5.74) is 0. The lowest BCUT2D eigenvalue weighted by Crippen LogP contribution is -2.41. The van der Waals surface area contributed by atoms with Crippen LogP contribution in [0.15, 0.2) is 53.4 Å². The molecule has 0 unspecified atom stereocenters. The Kier molecular flexibility index (Phi) is 5.33. The lowest BCUT2D eigenvalue weighted by Gasteiger charge is -2.30. The third kappa shape index (κ3) is 3.76. The second-order valence-corrected chi connectivity index (χ2v) is 7.87. The van der Waals surface area contributed by atoms with Gasteiger partial charge in [0.25, 0.3) is 0 Å². The van der Waals surface area contributed by atoms with Crippen molar-refractivity contribution in [1.29, 1.82) is 0 Å². The maximum absolute atomic E-state index is 13.8. The van der Waals surface area contributed by atoms with Crippen LogP contribution in [0.1, 0.15) is 12.8 Å². The number of rotatable bonds is 4. The summed E-state index contributed by atoms with van der Waals surface area (Å²) in [5.74, 6) is -2.74. The van der Waals surface area contributed by atoms with E-state index in [0.29, 0.717) is 0 Å². The van der Waals surface area contributed by atoms with E-state index in [1.165, 1.54) is 36.4 Å². The molecule has 1 saturated heterocycles. The first-order valence-corrected chi connectivity index (χ1v) is 9.54. The Morgan fingerprint density at radius 1 is 0.962 bits per heavy atom. The van der Waals surface area contributed by atoms with Crippen LogP contribution in [0.5, 0.6) is 5.75 Å². The van der Waals surface area contributed by atoms with Gasteiger partial charge in [0.1, 0.15) is 10.7 Å². The van der Waals surface area contributed by atoms with Gasteiger partial charge in [0, 0.05) is 13.1 Å². The molecule has 0 aliphatic carbocycles. The van der Waals surface area contributed by atoms with Gasteiger partial charge >= 0.3 is 5.97 Å². The van der Waals surface area contributed by atoms with Crippen molar-refractivity contribution in [3.05, 3.63) is 60.2 Å². The van der Waals surface area contributed by atoms with Crippen molar-refractivity contribution in [3.63, 3.8) is 0 Å². The highest BCUT2D eigenvalue weighted by Crippen LogP contribution is 2.27. The first-order chi connectivity index (χ1) is 12.4. The number of ether oxygens (including phenoxy) is 1. The lowest BCUT2D eigenvalue weighted by atomic mass is 9.98. The second kappa shape index (κ2) is 7.51. The van der Waals surface area contributed by atoms with Crippen LogP contribution in [-0.4, -0.2) is 31.8 Å². The molecule has 26 heavy (non-hydrogen) atoms. The molecule has 0 spiro atoms. The molecule has 1 heterocycles. The van der Waals surface area contributed by atoms with Crippen LogP contribution in [0.4, 0.5) is 8.78 Å². The number of nitrogens with zero attached hydrogens (tertiary/aromatic N) is 1. The smallest absolute Gasteiger partial charge is 0.314 e. The molecule has 1 fully saturated rings. The molecule has 0 bridgehead atoms. The molecule has 0 amide bonds. The average molecular weight is 381 g/mol. The highest BCUT2D eigenvalue weighted by atomic mass is 32.2. The molecule has 2 aromatic rings. The van der Waals surface area contributed by atoms with E-state index in [1.807, 2.05) is 0 Å². The summed E-state index contributed by atoms with van der Waals surface area (Å²) in [7, 11) is -3.96. The monoisotopic (exact) mass is 381 g/mol. The third-order valence-electron chi connectivity index (χ3n) is 4.29. The number of hydrogen-bond donors (Lipinski definition) is 0. The van der Waals surface area contributed by atoms with Crippen LogP contribution < -0.4 is 4.74 Å². The topological polar surface area (TPSA) is 63.7 Å². The molecular formula is C18H17F2NO4S. The maximum Gasteiger partial charge on any atom is 0.314 e. The minimum Gasteiger partial charge on any atom is -0.423 e. The zero-order valence-corrected chi connectivity index (χ0v) is 14.6. The Bertz CT molecular complexity index is 909. The van der Waals surface area contributed by atoms with Gasteiger partial charge in [0.05, 0.1) is 5.92 Å². The van der Waals surface area contributed by atoms with Crippen LogP contribution in [0.3, 0.4) is 0 Å². The van der Waals surface area contributed by atoms with Crippen molar-refractivity contribution in [2.24, 2.45) is 5.92 Å². The minimum atomic E-state index is -3.96. The largest absolute Gasteiger partial charge is 0.423 e. The van der Waals surface area contributed by atoms with E-state index in [9.17, 15) is 22.0 Å². The van der Waals surface area contributed by atoms with E-state index in [-0.39, 0.29) is 36.6 Å². The number of halogens is 2. The number of carbonyl (C=O) groups is 1. The molecule has 0 N–H and O–H groups in total. The molecule has 138 valence electrons. The number of esters is 1. The van der Waals surface area contributed by atoms with Gasteiger partial charge in [-0.3, -0.25) is 4.79 Å². The summed E-state index contributed by atoms with van der Waals surface area (Å²) in [5, 5.41) is 0. The summed E-state index contributed by atoms with van der Waals surface area (Å²) < 4.78 is 58.7. The molecule has 0 saturated carbocycles. The van der Waals surface area contributed by atoms with Crippen molar-refractivity contribution < 1.29 is 26.7 Å². The first-order valence-electron chi connectivity index (χ1n) is 8.10. The molecule has 0 atom stereocenters. The Morgan fingerprint density at radius 2 is 1.54 bits per heavy atom. The average Bonchev–Trinajstić information content (AvgIpc) is 2.64. The summed E-state index contributed by atoms with van der Waals surface area (Å²) in [6, 6.07) is 10.7. The SMILES string of the molecule is O=C(Oc1ccccc1F)C1CCN(S(=O)(=O)c2ccccc2F)CC1. The van der Waals surface area contributed by atoms with Gasteiger partial charge in [-0.05, 0) is 37.1 Å². The van der Waals surface area contributed by atoms with Crippen molar-refractivity contribution in [1.82, 2.24) is 4.31 Å². The Balaban J connectivity index is 1.65. The highest BCUT2D eigenvalue weighted by Gasteiger charge is 2.34. The molecule has 1 aliphatic rings. The summed E-state index contributed by atoms with van der Waals surface area (Å²) in [6.07, 6.45) is 0.446. The normalized spacial score (nSPS) is 16.4. The Labute approximate surface area is 150 Å². The van der Waals surface area contributed by atoms with E-state index in [2.05, 4.69) is 0 Å². The molecule has 3 rings (SSSR count). The number of carbonyl (C=O) groups excluding carboxylic acids is 1. The minimum absolute atomic E-state index is 0.0632. The highest BCUT2D eigenvalue weighted by molar-refractivity contribution is 7.89. The first kappa shape index (κ1) is 18.5. The zero-order valence-electron chi connectivity index (χ0n) is 13.8. The molecule has 8 heteroatoms. The predicted octanol–water partition coefficient (Wildman–Crippen LogP) is 2.97. The fourth-order valence-corrected chi connectivity index (χ4v) is 4.38. The van der Waals surface area contributed by atoms with E-state index in [4.69, 9.17) is 4.74 Å². The maximum atomic E-state index is 13.8. The van der Waals surface area contributed by atoms with Gasteiger partial charge in [-0.25, -0.2) is 17.2 Å². The van der Waals surface area contributed by atoms with Crippen molar-refractivity contribution in [2.75, 3.05) is 13.1 Å². The zero-order chi connectivity index (χ0) is 18.7. The quantitative estimate of drug-likeness (QED) is 0.603. The predicted molar refractivity (Wildman–Crippen MR) is 89.9 cm³/mol. The molecule has 0 radical (unpaired) electrons. The Morgan fingerprint density at radius 3 is 2.15 bits per heavy atom. The van der Waals surface area contributed by atoms with Gasteiger partial charge in [-0.2, -0.15) is 4.31 Å². The van der Waals surface area contributed by atoms with E-state index < -0.39 is 33.5 Å². The fourth-order valence-electron chi connectivity index (χ4n) is 2.84. The molecule has 5 nitrogen and oxygen atoms in total. The van der Waals surface area contributed by atoms with E-state index >= 15 is 0 Å². The number of piperidine rings is 1. The van der Waals surface area contributed by atoms with E-state index in [0.717, 1.165) is 10.4 Å².